The molecule has 0 bridgehead atoms. The molecule has 1 fully saturated rings. The average Bonchev–Trinajstić information content (AvgIpc) is 3.65. The minimum atomic E-state index is 0.264. The van der Waals surface area contributed by atoms with Crippen molar-refractivity contribution < 1.29 is 0 Å². The van der Waals surface area contributed by atoms with E-state index in [-0.39, 0.29) is 6.04 Å². The summed E-state index contributed by atoms with van der Waals surface area (Å²) in [6.07, 6.45) is 26.8. The third kappa shape index (κ3) is 4.22. The number of allylic oxidation sites excluding steroid dienone is 10. The number of hydrogen-bond acceptors (Lipinski definition) is 4. The maximum atomic E-state index is 5.05. The Morgan fingerprint density at radius 1 is 0.795 bits per heavy atom. The second-order valence-corrected chi connectivity index (χ2v) is 13.6. The molecule has 0 amide bonds. The summed E-state index contributed by atoms with van der Waals surface area (Å²) < 4.78 is 0. The number of fused-ring (bicyclic) bond motifs is 5. The Hall–Kier alpha value is -4.28. The van der Waals surface area contributed by atoms with Gasteiger partial charge in [0.25, 0.3) is 0 Å². The summed E-state index contributed by atoms with van der Waals surface area (Å²) in [5, 5.41) is 4.19. The van der Waals surface area contributed by atoms with Crippen LogP contribution in [0, 0.1) is 5.92 Å². The first kappa shape index (κ1) is 26.2. The molecule has 7 aliphatic rings. The Morgan fingerprint density at radius 3 is 2.48 bits per heavy atom. The molecule has 2 aromatic rings. The summed E-state index contributed by atoms with van der Waals surface area (Å²) in [6, 6.07) is 21.9. The van der Waals surface area contributed by atoms with Crippen LogP contribution < -0.4 is 5.32 Å². The van der Waals surface area contributed by atoms with E-state index < -0.39 is 0 Å². The molecule has 216 valence electrons. The third-order valence-corrected chi connectivity index (χ3v) is 11.5. The van der Waals surface area contributed by atoms with Gasteiger partial charge < -0.3 is 10.2 Å². The van der Waals surface area contributed by atoms with E-state index in [1.165, 1.54) is 44.0 Å². The lowest BCUT2D eigenvalue weighted by atomic mass is 9.79. The van der Waals surface area contributed by atoms with Crippen LogP contribution in [0.2, 0.25) is 0 Å². The van der Waals surface area contributed by atoms with Gasteiger partial charge in [-0.05, 0) is 88.8 Å². The fourth-order valence-corrected chi connectivity index (χ4v) is 9.71. The Morgan fingerprint density at radius 2 is 1.61 bits per heavy atom. The van der Waals surface area contributed by atoms with Gasteiger partial charge in [-0.25, -0.2) is 4.99 Å². The molecular weight excluding hydrogens is 555 g/mol. The molecular formula is C40H35N3S. The highest BCUT2D eigenvalue weighted by Gasteiger charge is 2.43. The van der Waals surface area contributed by atoms with E-state index in [0.29, 0.717) is 17.7 Å². The molecule has 3 heterocycles. The van der Waals surface area contributed by atoms with Crippen LogP contribution in [0.25, 0.3) is 11.3 Å². The zero-order valence-electron chi connectivity index (χ0n) is 24.7. The van der Waals surface area contributed by atoms with E-state index in [0.717, 1.165) is 43.8 Å². The van der Waals surface area contributed by atoms with Crippen LogP contribution >= 0.6 is 11.8 Å². The van der Waals surface area contributed by atoms with Crippen molar-refractivity contribution in [3.63, 3.8) is 0 Å². The van der Waals surface area contributed by atoms with Gasteiger partial charge in [0.05, 0.1) is 12.6 Å². The number of hydrogen-bond donors (Lipinski definition) is 1. The normalized spacial score (nSPS) is 26.8. The first-order chi connectivity index (χ1) is 21.8. The number of nitrogens with zero attached hydrogens (tertiary/aromatic N) is 2. The summed E-state index contributed by atoms with van der Waals surface area (Å²) in [5.74, 6) is 1.43. The summed E-state index contributed by atoms with van der Waals surface area (Å²) in [5.41, 5.74) is 14.1. The van der Waals surface area contributed by atoms with Crippen LogP contribution in [0.1, 0.15) is 43.2 Å². The van der Waals surface area contributed by atoms with Gasteiger partial charge in [-0.15, -0.1) is 11.8 Å². The van der Waals surface area contributed by atoms with Crippen LogP contribution in [0.5, 0.6) is 0 Å². The highest BCUT2D eigenvalue weighted by atomic mass is 32.2. The summed E-state index contributed by atoms with van der Waals surface area (Å²) in [4.78, 5) is 9.10. The quantitative estimate of drug-likeness (QED) is 0.388. The predicted molar refractivity (Wildman–Crippen MR) is 184 cm³/mol. The minimum Gasteiger partial charge on any atom is -0.326 e. The maximum absolute atomic E-state index is 5.05. The van der Waals surface area contributed by atoms with Gasteiger partial charge in [0.15, 0.2) is 0 Å². The minimum absolute atomic E-state index is 0.264. The van der Waals surface area contributed by atoms with Crippen molar-refractivity contribution in [3.8, 4) is 0 Å². The lowest BCUT2D eigenvalue weighted by molar-refractivity contribution is 0.439. The smallest absolute Gasteiger partial charge is 0.203 e. The Labute approximate surface area is 264 Å². The largest absolute Gasteiger partial charge is 0.326 e. The molecule has 1 saturated heterocycles. The maximum Gasteiger partial charge on any atom is 0.203 e. The van der Waals surface area contributed by atoms with E-state index in [4.69, 9.17) is 4.99 Å². The lowest BCUT2D eigenvalue weighted by Gasteiger charge is -2.35. The number of rotatable bonds is 3. The molecule has 2 aromatic carbocycles. The molecule has 0 radical (unpaired) electrons. The molecule has 3 unspecified atom stereocenters. The first-order valence-electron chi connectivity index (χ1n) is 16.0. The van der Waals surface area contributed by atoms with E-state index in [2.05, 4.69) is 137 Å². The highest BCUT2D eigenvalue weighted by molar-refractivity contribution is 8.04. The fraction of sp³-hybridized carbons (Fsp3) is 0.225. The fourth-order valence-electron chi connectivity index (χ4n) is 8.00. The number of aliphatic imine (C=N–C) groups is 1. The van der Waals surface area contributed by atoms with Crippen LogP contribution in [-0.2, 0) is 0 Å². The van der Waals surface area contributed by atoms with Crippen LogP contribution in [0.15, 0.2) is 159 Å². The molecule has 4 aliphatic carbocycles. The SMILES string of the molecule is C1=CC2C3=CCCC(C4=CC=C5C6=C(C=CCC6)N(C6=NCC=C(c7ccccc7)N6)C5C4)=C3SC2C(c2ccccc2)=C1. The van der Waals surface area contributed by atoms with Gasteiger partial charge in [-0.2, -0.15) is 0 Å². The molecule has 3 atom stereocenters. The highest BCUT2D eigenvalue weighted by Crippen LogP contribution is 2.57. The Bertz CT molecular complexity index is 1860. The van der Waals surface area contributed by atoms with E-state index in [9.17, 15) is 0 Å². The molecule has 9 rings (SSSR count). The van der Waals surface area contributed by atoms with Gasteiger partial charge in [-0.1, -0.05) is 103 Å². The van der Waals surface area contributed by atoms with Crippen LogP contribution in [-0.4, -0.2) is 28.7 Å². The van der Waals surface area contributed by atoms with E-state index in [1.807, 2.05) is 0 Å². The number of thioether (sulfide) groups is 1. The summed E-state index contributed by atoms with van der Waals surface area (Å²) >= 11 is 2.11. The van der Waals surface area contributed by atoms with Crippen molar-refractivity contribution >= 4 is 29.0 Å². The van der Waals surface area contributed by atoms with Crippen molar-refractivity contribution in [2.24, 2.45) is 10.9 Å². The third-order valence-electron chi connectivity index (χ3n) is 10.0. The van der Waals surface area contributed by atoms with Crippen molar-refractivity contribution in [2.75, 3.05) is 6.54 Å². The summed E-state index contributed by atoms with van der Waals surface area (Å²) in [6.45, 7) is 0.692. The van der Waals surface area contributed by atoms with Gasteiger partial charge in [0.1, 0.15) is 0 Å². The molecule has 0 spiro atoms. The van der Waals surface area contributed by atoms with Gasteiger partial charge in [0.2, 0.25) is 5.96 Å². The predicted octanol–water partition coefficient (Wildman–Crippen LogP) is 8.89. The number of guanidine groups is 1. The number of nitrogens with one attached hydrogen (secondary N) is 1. The van der Waals surface area contributed by atoms with Crippen molar-refractivity contribution in [3.05, 3.63) is 165 Å². The molecule has 4 heteroatoms. The second kappa shape index (κ2) is 10.7. The molecule has 0 aromatic heterocycles. The second-order valence-electron chi connectivity index (χ2n) is 12.4. The topological polar surface area (TPSA) is 27.6 Å². The Balaban J connectivity index is 1.06. The number of benzene rings is 2. The van der Waals surface area contributed by atoms with E-state index in [1.54, 1.807) is 11.1 Å². The van der Waals surface area contributed by atoms with Crippen LogP contribution in [0.4, 0.5) is 0 Å². The van der Waals surface area contributed by atoms with Crippen molar-refractivity contribution in [2.45, 2.75) is 43.4 Å². The summed E-state index contributed by atoms with van der Waals surface area (Å²) in [7, 11) is 0. The lowest BCUT2D eigenvalue weighted by Crippen LogP contribution is -2.45. The average molecular weight is 590 g/mol. The van der Waals surface area contributed by atoms with Crippen molar-refractivity contribution in [1.29, 1.82) is 0 Å². The van der Waals surface area contributed by atoms with Crippen molar-refractivity contribution in [1.82, 2.24) is 10.2 Å². The van der Waals surface area contributed by atoms with Crippen LogP contribution in [0.3, 0.4) is 0 Å². The zero-order valence-corrected chi connectivity index (χ0v) is 25.6. The Kier molecular flexibility index (Phi) is 6.37. The van der Waals surface area contributed by atoms with Gasteiger partial charge in [0, 0.05) is 27.5 Å². The molecule has 3 aliphatic heterocycles. The molecule has 1 N–H and O–H groups in total. The molecule has 44 heavy (non-hydrogen) atoms. The molecule has 3 nitrogen and oxygen atoms in total. The van der Waals surface area contributed by atoms with Gasteiger partial charge in [-0.3, -0.25) is 0 Å². The zero-order chi connectivity index (χ0) is 29.0. The molecule has 0 saturated carbocycles. The van der Waals surface area contributed by atoms with Gasteiger partial charge >= 0.3 is 0 Å². The monoisotopic (exact) mass is 589 g/mol. The first-order valence-corrected chi connectivity index (χ1v) is 16.9. The van der Waals surface area contributed by atoms with E-state index >= 15 is 0 Å². The standard InChI is InChI=1S/C40H35N3S/c1-3-11-26(12-4-1)29-16-9-18-33-34-19-10-17-30(39(34)44-38(29)33)28-21-22-32-31-15-7-8-20-36(31)43(37(32)25-28)40-41-24-23-35(42-40)27-13-5-2-6-14-27/h1-6,8-9,11-14,16,18-23,33,37-38H,7,10,15,17,24-25H2,(H,41,42).